The minimum Gasteiger partial charge on any atom is -0.447 e. The SMILES string of the molecule is CC(=O)OC1(CCCCCCCNC(=O)OC(C)(C)C)C=CC=CC1=O. The van der Waals surface area contributed by atoms with E-state index in [1.807, 2.05) is 20.8 Å². The summed E-state index contributed by atoms with van der Waals surface area (Å²) in [6.07, 6.45) is 11.2. The molecule has 0 radical (unpaired) electrons. The highest BCUT2D eigenvalue weighted by molar-refractivity contribution is 6.01. The van der Waals surface area contributed by atoms with Gasteiger partial charge in [-0.05, 0) is 52.2 Å². The van der Waals surface area contributed by atoms with E-state index in [0.717, 1.165) is 32.1 Å². The molecule has 1 aliphatic carbocycles. The van der Waals surface area contributed by atoms with E-state index in [-0.39, 0.29) is 5.78 Å². The second kappa shape index (κ2) is 10.1. The van der Waals surface area contributed by atoms with Gasteiger partial charge < -0.3 is 14.8 Å². The lowest BCUT2D eigenvalue weighted by molar-refractivity contribution is -0.159. The van der Waals surface area contributed by atoms with Crippen LogP contribution in [0.5, 0.6) is 0 Å². The summed E-state index contributed by atoms with van der Waals surface area (Å²) in [5.41, 5.74) is -1.62. The van der Waals surface area contributed by atoms with Crippen LogP contribution in [0, 0.1) is 0 Å². The van der Waals surface area contributed by atoms with E-state index in [9.17, 15) is 14.4 Å². The van der Waals surface area contributed by atoms with Crippen LogP contribution in [0.3, 0.4) is 0 Å². The highest BCUT2D eigenvalue weighted by Crippen LogP contribution is 2.26. The fourth-order valence-corrected chi connectivity index (χ4v) is 2.72. The molecule has 1 N–H and O–H groups in total. The van der Waals surface area contributed by atoms with E-state index in [1.165, 1.54) is 13.0 Å². The molecule has 0 fully saturated rings. The molecule has 26 heavy (non-hydrogen) atoms. The monoisotopic (exact) mass is 365 g/mol. The van der Waals surface area contributed by atoms with Crippen molar-refractivity contribution in [1.29, 1.82) is 0 Å². The molecule has 0 aromatic rings. The highest BCUT2D eigenvalue weighted by atomic mass is 16.6. The second-order valence-corrected chi connectivity index (χ2v) is 7.51. The molecule has 1 amide bonds. The number of hydrogen-bond donors (Lipinski definition) is 1. The number of unbranched alkanes of at least 4 members (excludes halogenated alkanes) is 4. The summed E-state index contributed by atoms with van der Waals surface area (Å²) >= 11 is 0. The van der Waals surface area contributed by atoms with Crippen molar-refractivity contribution in [1.82, 2.24) is 5.32 Å². The van der Waals surface area contributed by atoms with Crippen molar-refractivity contribution in [2.24, 2.45) is 0 Å². The third kappa shape index (κ3) is 8.32. The van der Waals surface area contributed by atoms with Crippen LogP contribution in [-0.4, -0.2) is 35.6 Å². The molecule has 6 nitrogen and oxygen atoms in total. The lowest BCUT2D eigenvalue weighted by atomic mass is 9.87. The summed E-state index contributed by atoms with van der Waals surface area (Å²) < 4.78 is 10.5. The first-order valence-corrected chi connectivity index (χ1v) is 9.21. The van der Waals surface area contributed by atoms with Gasteiger partial charge in [0.1, 0.15) is 5.60 Å². The first kappa shape index (κ1) is 21.9. The summed E-state index contributed by atoms with van der Waals surface area (Å²) in [7, 11) is 0. The number of esters is 1. The zero-order valence-electron chi connectivity index (χ0n) is 16.3. The molecule has 1 rings (SSSR count). The van der Waals surface area contributed by atoms with Gasteiger partial charge in [-0.15, -0.1) is 0 Å². The third-order valence-corrected chi connectivity index (χ3v) is 3.86. The van der Waals surface area contributed by atoms with Gasteiger partial charge in [0, 0.05) is 13.5 Å². The van der Waals surface area contributed by atoms with E-state index in [4.69, 9.17) is 9.47 Å². The van der Waals surface area contributed by atoms with Gasteiger partial charge in [0.15, 0.2) is 5.60 Å². The van der Waals surface area contributed by atoms with Crippen LogP contribution in [0.15, 0.2) is 24.3 Å². The molecule has 0 heterocycles. The summed E-state index contributed by atoms with van der Waals surface area (Å²) in [6, 6.07) is 0. The van der Waals surface area contributed by atoms with Crippen LogP contribution >= 0.6 is 0 Å². The Bertz CT molecular complexity index is 559. The molecule has 0 bridgehead atoms. The number of carbonyl (C=O) groups excluding carboxylic acids is 3. The zero-order valence-corrected chi connectivity index (χ0v) is 16.3. The first-order chi connectivity index (χ1) is 12.1. The Morgan fingerprint density at radius 1 is 1.08 bits per heavy atom. The zero-order chi connectivity index (χ0) is 19.6. The summed E-state index contributed by atoms with van der Waals surface area (Å²) in [5, 5.41) is 2.74. The molecule has 0 aromatic heterocycles. The van der Waals surface area contributed by atoms with E-state index < -0.39 is 23.3 Å². The molecule has 1 unspecified atom stereocenters. The number of nitrogens with one attached hydrogen (secondary N) is 1. The number of allylic oxidation sites excluding steroid dienone is 2. The van der Waals surface area contributed by atoms with E-state index in [1.54, 1.807) is 18.2 Å². The Hall–Kier alpha value is -2.11. The van der Waals surface area contributed by atoms with E-state index in [2.05, 4.69) is 5.32 Å². The lowest BCUT2D eigenvalue weighted by Gasteiger charge is -2.29. The molecule has 146 valence electrons. The maximum Gasteiger partial charge on any atom is 0.407 e. The summed E-state index contributed by atoms with van der Waals surface area (Å²) in [5.74, 6) is -0.636. The first-order valence-electron chi connectivity index (χ1n) is 9.21. The number of carbonyl (C=O) groups is 3. The van der Waals surface area contributed by atoms with Crippen molar-refractivity contribution in [2.45, 2.75) is 77.4 Å². The topological polar surface area (TPSA) is 81.7 Å². The van der Waals surface area contributed by atoms with Gasteiger partial charge in [0.05, 0.1) is 0 Å². The molecule has 1 aliphatic rings. The van der Waals surface area contributed by atoms with Crippen LogP contribution in [0.4, 0.5) is 4.79 Å². The maximum atomic E-state index is 12.2. The number of rotatable bonds is 9. The fourth-order valence-electron chi connectivity index (χ4n) is 2.72. The van der Waals surface area contributed by atoms with Crippen molar-refractivity contribution >= 4 is 17.8 Å². The molecule has 1 atom stereocenters. The minimum absolute atomic E-state index is 0.184. The number of ketones is 1. The Morgan fingerprint density at radius 3 is 2.35 bits per heavy atom. The van der Waals surface area contributed by atoms with Crippen molar-refractivity contribution in [3.05, 3.63) is 24.3 Å². The molecule has 0 saturated heterocycles. The standard InChI is InChI=1S/C20H31NO5/c1-16(22)25-20(14-10-8-12-17(20)23)13-9-6-5-7-11-15-21-18(24)26-19(2,3)4/h8,10,12,14H,5-7,9,11,13,15H2,1-4H3,(H,21,24). The van der Waals surface area contributed by atoms with Crippen molar-refractivity contribution in [2.75, 3.05) is 6.54 Å². The predicted octanol–water partition coefficient (Wildman–Crippen LogP) is 3.85. The molecule has 0 aliphatic heterocycles. The number of hydrogen-bond acceptors (Lipinski definition) is 5. The van der Waals surface area contributed by atoms with Gasteiger partial charge in [0.2, 0.25) is 5.78 Å². The Labute approximate surface area is 156 Å². The van der Waals surface area contributed by atoms with Crippen LogP contribution < -0.4 is 5.32 Å². The maximum absolute atomic E-state index is 12.2. The molecule has 0 aromatic carbocycles. The second-order valence-electron chi connectivity index (χ2n) is 7.51. The Morgan fingerprint density at radius 2 is 1.73 bits per heavy atom. The van der Waals surface area contributed by atoms with Crippen molar-refractivity contribution in [3.8, 4) is 0 Å². The van der Waals surface area contributed by atoms with Gasteiger partial charge >= 0.3 is 12.1 Å². The van der Waals surface area contributed by atoms with Crippen molar-refractivity contribution < 1.29 is 23.9 Å². The van der Waals surface area contributed by atoms with Crippen LogP contribution in [0.1, 0.15) is 66.2 Å². The average Bonchev–Trinajstić information content (AvgIpc) is 2.50. The largest absolute Gasteiger partial charge is 0.447 e. The minimum atomic E-state index is -1.14. The quantitative estimate of drug-likeness (QED) is 0.496. The normalized spacial score (nSPS) is 19.3. The Kier molecular flexibility index (Phi) is 8.55. The number of amides is 1. The van der Waals surface area contributed by atoms with E-state index in [0.29, 0.717) is 13.0 Å². The van der Waals surface area contributed by atoms with Gasteiger partial charge in [-0.3, -0.25) is 9.59 Å². The van der Waals surface area contributed by atoms with Gasteiger partial charge in [-0.2, -0.15) is 0 Å². The number of ether oxygens (including phenoxy) is 2. The molecule has 6 heteroatoms. The third-order valence-electron chi connectivity index (χ3n) is 3.86. The summed E-state index contributed by atoms with van der Waals surface area (Å²) in [4.78, 5) is 35.0. The van der Waals surface area contributed by atoms with Crippen LogP contribution in [0.25, 0.3) is 0 Å². The van der Waals surface area contributed by atoms with Crippen LogP contribution in [-0.2, 0) is 19.1 Å². The van der Waals surface area contributed by atoms with Gasteiger partial charge in [-0.25, -0.2) is 4.79 Å². The fraction of sp³-hybridized carbons (Fsp3) is 0.650. The highest BCUT2D eigenvalue weighted by Gasteiger charge is 2.37. The molecule has 0 spiro atoms. The smallest absolute Gasteiger partial charge is 0.407 e. The predicted molar refractivity (Wildman–Crippen MR) is 99.7 cm³/mol. The molecular formula is C20H31NO5. The van der Waals surface area contributed by atoms with Gasteiger partial charge in [-0.1, -0.05) is 31.4 Å². The molecule has 0 saturated carbocycles. The van der Waals surface area contributed by atoms with Crippen molar-refractivity contribution in [3.63, 3.8) is 0 Å². The summed E-state index contributed by atoms with van der Waals surface area (Å²) in [6.45, 7) is 7.39. The van der Waals surface area contributed by atoms with Gasteiger partial charge in [0.25, 0.3) is 0 Å². The van der Waals surface area contributed by atoms with E-state index >= 15 is 0 Å². The Balaban J connectivity index is 2.20. The number of alkyl carbamates (subject to hydrolysis) is 1. The molecular weight excluding hydrogens is 334 g/mol. The average molecular weight is 365 g/mol. The lowest BCUT2D eigenvalue weighted by Crippen LogP contribution is -2.41. The van der Waals surface area contributed by atoms with Crippen LogP contribution in [0.2, 0.25) is 0 Å².